The van der Waals surface area contributed by atoms with Crippen LogP contribution in [0.4, 0.5) is 0 Å². The number of rotatable bonds is 1. The molecule has 0 aliphatic heterocycles. The second-order valence-corrected chi connectivity index (χ2v) is 5.96. The lowest BCUT2D eigenvalue weighted by atomic mass is 9.78. The fourth-order valence-electron chi connectivity index (χ4n) is 2.70. The Balaban J connectivity index is 2.40. The minimum Gasteiger partial charge on any atom is -0.301 e. The quantitative estimate of drug-likeness (QED) is 0.556. The number of alkyl halides is 1. The van der Waals surface area contributed by atoms with E-state index in [1.54, 1.807) is 12.1 Å². The number of carbonyl (C=O) groups is 1. The SMILES string of the molecule is O=CC1(Cl)c2c(Cl)cccc2Cc2cccc(Cl)c21. The van der Waals surface area contributed by atoms with E-state index in [2.05, 4.69) is 0 Å². The molecule has 0 unspecified atom stereocenters. The Kier molecular flexibility index (Phi) is 3.09. The Morgan fingerprint density at radius 2 is 1.42 bits per heavy atom. The molecule has 96 valence electrons. The zero-order chi connectivity index (χ0) is 13.6. The summed E-state index contributed by atoms with van der Waals surface area (Å²) in [5.74, 6) is 0. The van der Waals surface area contributed by atoms with Crippen LogP contribution in [0.5, 0.6) is 0 Å². The summed E-state index contributed by atoms with van der Waals surface area (Å²) in [5.41, 5.74) is 3.22. The van der Waals surface area contributed by atoms with Crippen molar-refractivity contribution < 1.29 is 4.79 Å². The third-order valence-corrected chi connectivity index (χ3v) is 4.57. The summed E-state index contributed by atoms with van der Waals surface area (Å²) in [5, 5.41) is 0.982. The molecule has 0 spiro atoms. The fourth-order valence-corrected chi connectivity index (χ4v) is 3.92. The molecule has 0 N–H and O–H groups in total. The Labute approximate surface area is 126 Å². The zero-order valence-corrected chi connectivity index (χ0v) is 12.1. The first kappa shape index (κ1) is 13.0. The van der Waals surface area contributed by atoms with E-state index in [4.69, 9.17) is 34.8 Å². The van der Waals surface area contributed by atoms with Crippen LogP contribution in [-0.4, -0.2) is 6.29 Å². The molecular formula is C15H9Cl3O. The van der Waals surface area contributed by atoms with Crippen molar-refractivity contribution in [1.82, 2.24) is 0 Å². The van der Waals surface area contributed by atoms with E-state index in [0.717, 1.165) is 11.1 Å². The van der Waals surface area contributed by atoms with Crippen LogP contribution in [0.25, 0.3) is 0 Å². The second kappa shape index (κ2) is 4.52. The standard InChI is InChI=1S/C15H9Cl3O/c16-11-5-1-3-9-7-10-4-2-6-12(17)14(10)15(18,8-19)13(9)11/h1-6,8H,7H2. The highest BCUT2D eigenvalue weighted by atomic mass is 35.5. The van der Waals surface area contributed by atoms with Crippen LogP contribution < -0.4 is 0 Å². The van der Waals surface area contributed by atoms with Crippen molar-refractivity contribution in [1.29, 1.82) is 0 Å². The molecule has 0 heterocycles. The van der Waals surface area contributed by atoms with Gasteiger partial charge >= 0.3 is 0 Å². The highest BCUT2D eigenvalue weighted by Gasteiger charge is 2.42. The van der Waals surface area contributed by atoms with Crippen molar-refractivity contribution in [2.75, 3.05) is 0 Å². The van der Waals surface area contributed by atoms with Crippen LogP contribution in [0, 0.1) is 0 Å². The first-order chi connectivity index (χ1) is 9.08. The molecule has 0 fully saturated rings. The van der Waals surface area contributed by atoms with Gasteiger partial charge in [-0.15, -0.1) is 11.6 Å². The lowest BCUT2D eigenvalue weighted by Crippen LogP contribution is -2.30. The molecular weight excluding hydrogens is 303 g/mol. The highest BCUT2D eigenvalue weighted by Crippen LogP contribution is 2.48. The molecule has 1 nitrogen and oxygen atoms in total. The zero-order valence-electron chi connectivity index (χ0n) is 9.79. The lowest BCUT2D eigenvalue weighted by Gasteiger charge is -2.33. The fraction of sp³-hybridized carbons (Fsp3) is 0.133. The van der Waals surface area contributed by atoms with Gasteiger partial charge in [0.25, 0.3) is 0 Å². The van der Waals surface area contributed by atoms with E-state index in [0.29, 0.717) is 33.9 Å². The van der Waals surface area contributed by atoms with E-state index in [1.807, 2.05) is 24.3 Å². The number of aldehydes is 1. The van der Waals surface area contributed by atoms with E-state index in [9.17, 15) is 4.79 Å². The van der Waals surface area contributed by atoms with Crippen molar-refractivity contribution in [3.63, 3.8) is 0 Å². The van der Waals surface area contributed by atoms with Crippen LogP contribution in [-0.2, 0) is 16.1 Å². The molecule has 2 aromatic carbocycles. The van der Waals surface area contributed by atoms with Gasteiger partial charge in [-0.25, -0.2) is 0 Å². The third kappa shape index (κ3) is 1.80. The van der Waals surface area contributed by atoms with Crippen molar-refractivity contribution in [2.45, 2.75) is 11.3 Å². The maximum atomic E-state index is 11.7. The molecule has 0 saturated carbocycles. The number of benzene rings is 2. The second-order valence-electron chi connectivity index (χ2n) is 4.55. The van der Waals surface area contributed by atoms with Gasteiger partial charge in [0, 0.05) is 21.2 Å². The van der Waals surface area contributed by atoms with Gasteiger partial charge in [0.1, 0.15) is 6.29 Å². The summed E-state index contributed by atoms with van der Waals surface area (Å²) in [4.78, 5) is 10.4. The van der Waals surface area contributed by atoms with Gasteiger partial charge in [0.15, 0.2) is 4.87 Å². The highest BCUT2D eigenvalue weighted by molar-refractivity contribution is 6.40. The molecule has 2 aromatic rings. The third-order valence-electron chi connectivity index (χ3n) is 3.47. The molecule has 0 amide bonds. The molecule has 0 radical (unpaired) electrons. The van der Waals surface area contributed by atoms with E-state index < -0.39 is 4.87 Å². The van der Waals surface area contributed by atoms with Gasteiger partial charge in [-0.1, -0.05) is 47.5 Å². The number of halogens is 3. The van der Waals surface area contributed by atoms with E-state index in [1.165, 1.54) is 0 Å². The van der Waals surface area contributed by atoms with Crippen LogP contribution >= 0.6 is 34.8 Å². The molecule has 0 atom stereocenters. The van der Waals surface area contributed by atoms with Gasteiger partial charge in [0.2, 0.25) is 0 Å². The molecule has 1 aliphatic carbocycles. The normalized spacial score (nSPS) is 15.5. The minimum absolute atomic E-state index is 0.491. The molecule has 0 aromatic heterocycles. The average Bonchev–Trinajstić information content (AvgIpc) is 2.38. The van der Waals surface area contributed by atoms with Gasteiger partial charge in [-0.05, 0) is 29.7 Å². The summed E-state index contributed by atoms with van der Waals surface area (Å²) in [6.45, 7) is 0. The van der Waals surface area contributed by atoms with Crippen LogP contribution in [0.2, 0.25) is 10.0 Å². The molecule has 3 rings (SSSR count). The van der Waals surface area contributed by atoms with Gasteiger partial charge in [0.05, 0.1) is 0 Å². The monoisotopic (exact) mass is 310 g/mol. The first-order valence-electron chi connectivity index (χ1n) is 5.79. The summed E-state index contributed by atoms with van der Waals surface area (Å²) >= 11 is 19.1. The van der Waals surface area contributed by atoms with Gasteiger partial charge in [-0.3, -0.25) is 0 Å². The summed E-state index contributed by atoms with van der Waals surface area (Å²) in [6.07, 6.45) is 1.39. The van der Waals surface area contributed by atoms with Crippen LogP contribution in [0.3, 0.4) is 0 Å². The molecule has 19 heavy (non-hydrogen) atoms. The van der Waals surface area contributed by atoms with Gasteiger partial charge in [-0.2, -0.15) is 0 Å². The molecule has 0 saturated heterocycles. The van der Waals surface area contributed by atoms with E-state index in [-0.39, 0.29) is 0 Å². The van der Waals surface area contributed by atoms with Crippen molar-refractivity contribution in [2.24, 2.45) is 0 Å². The van der Waals surface area contributed by atoms with Gasteiger partial charge < -0.3 is 4.79 Å². The number of hydrogen-bond acceptors (Lipinski definition) is 1. The first-order valence-corrected chi connectivity index (χ1v) is 6.92. The van der Waals surface area contributed by atoms with E-state index >= 15 is 0 Å². The predicted octanol–water partition coefficient (Wildman–Crippen LogP) is 4.58. The Hall–Kier alpha value is -1.02. The minimum atomic E-state index is -1.31. The van der Waals surface area contributed by atoms with Crippen LogP contribution in [0.1, 0.15) is 22.3 Å². The molecule has 4 heteroatoms. The predicted molar refractivity (Wildman–Crippen MR) is 78.4 cm³/mol. The summed E-state index contributed by atoms with van der Waals surface area (Å²) in [7, 11) is 0. The molecule has 0 bridgehead atoms. The van der Waals surface area contributed by atoms with Crippen molar-refractivity contribution in [3.8, 4) is 0 Å². The Morgan fingerprint density at radius 1 is 0.947 bits per heavy atom. The van der Waals surface area contributed by atoms with Crippen molar-refractivity contribution >= 4 is 41.1 Å². The number of carbonyl (C=O) groups excluding carboxylic acids is 1. The number of hydrogen-bond donors (Lipinski definition) is 0. The maximum Gasteiger partial charge on any atom is 0.153 e. The Morgan fingerprint density at radius 3 is 1.84 bits per heavy atom. The molecule has 1 aliphatic rings. The largest absolute Gasteiger partial charge is 0.301 e. The lowest BCUT2D eigenvalue weighted by molar-refractivity contribution is -0.109. The topological polar surface area (TPSA) is 17.1 Å². The summed E-state index contributed by atoms with van der Waals surface area (Å²) < 4.78 is 0. The smallest absolute Gasteiger partial charge is 0.153 e. The number of fused-ring (bicyclic) bond motifs is 2. The van der Waals surface area contributed by atoms with Crippen LogP contribution in [0.15, 0.2) is 36.4 Å². The summed E-state index contributed by atoms with van der Waals surface area (Å²) in [6, 6.07) is 11.1. The maximum absolute atomic E-state index is 11.7. The Bertz CT molecular complexity index is 628. The van der Waals surface area contributed by atoms with Crippen molar-refractivity contribution in [3.05, 3.63) is 68.7 Å². The average molecular weight is 312 g/mol.